The summed E-state index contributed by atoms with van der Waals surface area (Å²) in [5.74, 6) is -1.03. The molecular weight excluding hydrogens is 289 g/mol. The highest BCUT2D eigenvalue weighted by molar-refractivity contribution is 6.32. The van der Waals surface area contributed by atoms with Crippen molar-refractivity contribution in [3.63, 3.8) is 0 Å². The highest BCUT2D eigenvalue weighted by Gasteiger charge is 2.37. The quantitative estimate of drug-likeness (QED) is 0.854. The number of rotatable bonds is 4. The number of aryl methyl sites for hydroxylation is 1. The van der Waals surface area contributed by atoms with Crippen LogP contribution in [-0.4, -0.2) is 17.4 Å². The molecule has 1 atom stereocenters. The van der Waals surface area contributed by atoms with E-state index in [1.54, 1.807) is 18.2 Å². The maximum absolute atomic E-state index is 14.8. The van der Waals surface area contributed by atoms with E-state index < -0.39 is 25.1 Å². The number of hydrogen-bond donors (Lipinski definition) is 2. The normalized spacial score (nSPS) is 15.6. The van der Waals surface area contributed by atoms with Gasteiger partial charge in [0.25, 0.3) is 0 Å². The third-order valence-electron chi connectivity index (χ3n) is 3.90. The van der Waals surface area contributed by atoms with Crippen molar-refractivity contribution in [1.82, 2.24) is 0 Å². The molecule has 0 bridgehead atoms. The summed E-state index contributed by atoms with van der Waals surface area (Å²) in [6.07, 6.45) is 0.153. The van der Waals surface area contributed by atoms with Gasteiger partial charge in [0.1, 0.15) is 17.7 Å². The van der Waals surface area contributed by atoms with Gasteiger partial charge in [-0.05, 0) is 29.2 Å². The van der Waals surface area contributed by atoms with Gasteiger partial charge in [0, 0.05) is 11.1 Å². The van der Waals surface area contributed by atoms with Gasteiger partial charge in [0.05, 0.1) is 0 Å². The Labute approximate surface area is 127 Å². The van der Waals surface area contributed by atoms with Crippen molar-refractivity contribution in [2.75, 3.05) is 0 Å². The Bertz CT molecular complexity index is 719. The van der Waals surface area contributed by atoms with Crippen LogP contribution in [0.3, 0.4) is 0 Å². The molecule has 3 rings (SSSR count). The summed E-state index contributed by atoms with van der Waals surface area (Å²) in [6, 6.07) is 7.87. The van der Waals surface area contributed by atoms with E-state index >= 15 is 0 Å². The van der Waals surface area contributed by atoms with Gasteiger partial charge in [-0.15, -0.1) is 0 Å². The maximum atomic E-state index is 14.8. The highest BCUT2D eigenvalue weighted by atomic mass is 19.1. The lowest BCUT2D eigenvalue weighted by Crippen LogP contribution is -2.21. The van der Waals surface area contributed by atoms with Crippen LogP contribution < -0.4 is 0 Å². The van der Waals surface area contributed by atoms with E-state index in [4.69, 9.17) is 14.7 Å². The first-order chi connectivity index (χ1) is 10.5. The van der Waals surface area contributed by atoms with Crippen molar-refractivity contribution in [2.45, 2.75) is 25.9 Å². The molecule has 0 amide bonds. The molecule has 0 heterocycles. The van der Waals surface area contributed by atoms with Crippen LogP contribution in [0.1, 0.15) is 36.1 Å². The first-order valence-corrected chi connectivity index (χ1v) is 7.16. The maximum Gasteiger partial charge on any atom is 0.634 e. The van der Waals surface area contributed by atoms with Gasteiger partial charge in [-0.1, -0.05) is 37.6 Å². The number of fused-ring (bicyclic) bond motifs is 3. The van der Waals surface area contributed by atoms with Gasteiger partial charge < -0.3 is 14.7 Å². The zero-order valence-electron chi connectivity index (χ0n) is 12.0. The summed E-state index contributed by atoms with van der Waals surface area (Å²) in [5, 5.41) is 18.2. The topological polar surface area (TPSA) is 49.7 Å². The van der Waals surface area contributed by atoms with Crippen LogP contribution in [0.15, 0.2) is 30.3 Å². The van der Waals surface area contributed by atoms with Crippen LogP contribution in [-0.2, 0) is 11.1 Å². The van der Waals surface area contributed by atoms with Gasteiger partial charge in [-0.25, -0.2) is 8.78 Å². The van der Waals surface area contributed by atoms with Crippen LogP contribution in [0.4, 0.5) is 8.78 Å². The predicted octanol–water partition coefficient (Wildman–Crippen LogP) is 2.97. The Morgan fingerprint density at radius 3 is 2.50 bits per heavy atom. The molecule has 1 unspecified atom stereocenters. The smallest absolute Gasteiger partial charge is 0.402 e. The van der Waals surface area contributed by atoms with Crippen LogP contribution in [0.2, 0.25) is 0 Å². The Morgan fingerprint density at radius 1 is 1.09 bits per heavy atom. The van der Waals surface area contributed by atoms with E-state index in [0.29, 0.717) is 23.1 Å². The second kappa shape index (κ2) is 5.80. The van der Waals surface area contributed by atoms with Crippen molar-refractivity contribution >= 4 is 7.32 Å². The molecule has 0 aromatic heterocycles. The fourth-order valence-electron chi connectivity index (χ4n) is 3.03. The molecule has 1 aliphatic rings. The fraction of sp³-hybridized carbons (Fsp3) is 0.250. The predicted molar refractivity (Wildman–Crippen MR) is 78.9 cm³/mol. The minimum atomic E-state index is -2.11. The molecule has 2 aromatic carbocycles. The van der Waals surface area contributed by atoms with Gasteiger partial charge in [-0.2, -0.15) is 0 Å². The summed E-state index contributed by atoms with van der Waals surface area (Å²) in [7, 11) is -2.11. The third kappa shape index (κ3) is 2.33. The van der Waals surface area contributed by atoms with Gasteiger partial charge in [0.15, 0.2) is 0 Å². The van der Waals surface area contributed by atoms with Crippen molar-refractivity contribution in [3.05, 3.63) is 58.7 Å². The summed E-state index contributed by atoms with van der Waals surface area (Å²) in [5.41, 5.74) is 1.85. The summed E-state index contributed by atoms with van der Waals surface area (Å²) in [6.45, 7) is 1.94. The van der Waals surface area contributed by atoms with Gasteiger partial charge in [-0.3, -0.25) is 0 Å². The molecule has 0 saturated carbocycles. The lowest BCUT2D eigenvalue weighted by Gasteiger charge is -2.16. The number of hydrogen-bond acceptors (Lipinski definition) is 3. The van der Waals surface area contributed by atoms with E-state index in [9.17, 15) is 8.78 Å². The highest BCUT2D eigenvalue weighted by Crippen LogP contribution is 2.48. The molecule has 1 aliphatic carbocycles. The molecule has 2 N–H and O–H groups in total. The molecule has 0 saturated heterocycles. The first-order valence-electron chi connectivity index (χ1n) is 7.16. The number of benzene rings is 2. The largest absolute Gasteiger partial charge is 0.634 e. The zero-order valence-corrected chi connectivity index (χ0v) is 12.0. The molecule has 0 fully saturated rings. The third-order valence-corrected chi connectivity index (χ3v) is 3.90. The molecule has 0 aliphatic heterocycles. The Morgan fingerprint density at radius 2 is 1.82 bits per heavy atom. The van der Waals surface area contributed by atoms with Crippen LogP contribution in [0.5, 0.6) is 0 Å². The monoisotopic (exact) mass is 304 g/mol. The van der Waals surface area contributed by atoms with Crippen molar-refractivity contribution < 1.29 is 23.5 Å². The Hall–Kier alpha value is -1.76. The van der Waals surface area contributed by atoms with Crippen LogP contribution >= 0.6 is 0 Å². The average Bonchev–Trinajstić information content (AvgIpc) is 2.78. The molecule has 3 nitrogen and oxygen atoms in total. The van der Waals surface area contributed by atoms with Gasteiger partial charge in [0.2, 0.25) is 0 Å². The second-order valence-corrected chi connectivity index (χ2v) is 5.29. The second-order valence-electron chi connectivity index (χ2n) is 5.29. The minimum absolute atomic E-state index is 0.137. The van der Waals surface area contributed by atoms with Crippen molar-refractivity contribution in [2.24, 2.45) is 0 Å². The van der Waals surface area contributed by atoms with Crippen molar-refractivity contribution in [1.29, 1.82) is 0 Å². The minimum Gasteiger partial charge on any atom is -0.402 e. The Balaban J connectivity index is 2.22. The van der Waals surface area contributed by atoms with E-state index in [0.717, 1.165) is 6.42 Å². The zero-order chi connectivity index (χ0) is 15.9. The summed E-state index contributed by atoms with van der Waals surface area (Å²) < 4.78 is 34.0. The van der Waals surface area contributed by atoms with E-state index in [2.05, 4.69) is 0 Å². The standard InChI is InChI=1S/C16H15BF2O3/c1-2-4-9-7-8-11-10-5-3-6-12(18)13(10)16(22-17(20)21)14(11)15(9)19/h3,5-8,16,20-21H,2,4H2,1H3. The molecule has 2 aromatic rings. The van der Waals surface area contributed by atoms with Crippen molar-refractivity contribution in [3.8, 4) is 11.1 Å². The lowest BCUT2D eigenvalue weighted by molar-refractivity contribution is 0.141. The molecule has 6 heteroatoms. The molecule has 22 heavy (non-hydrogen) atoms. The van der Waals surface area contributed by atoms with E-state index in [1.165, 1.54) is 12.1 Å². The fourth-order valence-corrected chi connectivity index (χ4v) is 3.03. The molecule has 114 valence electrons. The van der Waals surface area contributed by atoms with Gasteiger partial charge >= 0.3 is 7.32 Å². The van der Waals surface area contributed by atoms with Crippen LogP contribution in [0, 0.1) is 11.6 Å². The Kier molecular flexibility index (Phi) is 3.99. The SMILES string of the molecule is CCCc1ccc2c(c1F)C(OB(O)O)c1c(F)cccc1-2. The lowest BCUT2D eigenvalue weighted by atomic mass is 9.99. The molecular formula is C16H15BF2O3. The molecule has 0 spiro atoms. The van der Waals surface area contributed by atoms with Crippen LogP contribution in [0.25, 0.3) is 11.1 Å². The van der Waals surface area contributed by atoms with E-state index in [-0.39, 0.29) is 11.1 Å². The number of halogens is 2. The average molecular weight is 304 g/mol. The summed E-state index contributed by atoms with van der Waals surface area (Å²) >= 11 is 0. The first kappa shape index (κ1) is 15.2. The van der Waals surface area contributed by atoms with E-state index in [1.807, 2.05) is 6.92 Å². The summed E-state index contributed by atoms with van der Waals surface area (Å²) in [4.78, 5) is 0. The molecule has 0 radical (unpaired) electrons.